The number of carbonyl (C=O) groups is 1. The first kappa shape index (κ1) is 20.3. The monoisotopic (exact) mass is 397 g/mol. The molecular formula is C24H31NO4. The molecular weight excluding hydrogens is 366 g/mol. The number of rotatable bonds is 8. The smallest absolute Gasteiger partial charge is 0.309 e. The molecule has 2 aromatic rings. The number of esters is 1. The Balaban J connectivity index is 1.41. The minimum Gasteiger partial charge on any atom is -0.464 e. The summed E-state index contributed by atoms with van der Waals surface area (Å²) in [6.45, 7) is 5.36. The minimum absolute atomic E-state index is 0.0957. The van der Waals surface area contributed by atoms with Crippen LogP contribution in [0.2, 0.25) is 0 Å². The van der Waals surface area contributed by atoms with Crippen molar-refractivity contribution in [1.82, 2.24) is 4.90 Å². The molecule has 0 saturated carbocycles. The van der Waals surface area contributed by atoms with Gasteiger partial charge < -0.3 is 14.2 Å². The van der Waals surface area contributed by atoms with Gasteiger partial charge in [-0.3, -0.25) is 9.69 Å². The number of nitrogens with zero attached hydrogens (tertiary/aromatic N) is 1. The minimum atomic E-state index is -0.173. The second-order valence-corrected chi connectivity index (χ2v) is 8.03. The average Bonchev–Trinajstić information content (AvgIpc) is 3.27. The number of morpholine rings is 1. The van der Waals surface area contributed by atoms with Crippen molar-refractivity contribution in [2.24, 2.45) is 5.92 Å². The van der Waals surface area contributed by atoms with Crippen LogP contribution >= 0.6 is 0 Å². The van der Waals surface area contributed by atoms with E-state index in [1.165, 1.54) is 16.3 Å². The Morgan fingerprint density at radius 2 is 1.93 bits per heavy atom. The third kappa shape index (κ3) is 5.56. The van der Waals surface area contributed by atoms with Crippen LogP contribution in [-0.4, -0.2) is 63.0 Å². The predicted octanol–water partition coefficient (Wildman–Crippen LogP) is 3.44. The molecule has 0 aromatic heterocycles. The van der Waals surface area contributed by atoms with E-state index in [0.717, 1.165) is 58.7 Å². The van der Waals surface area contributed by atoms with Crippen molar-refractivity contribution in [3.63, 3.8) is 0 Å². The zero-order chi connectivity index (χ0) is 19.9. The fourth-order valence-electron chi connectivity index (χ4n) is 4.36. The number of benzene rings is 2. The summed E-state index contributed by atoms with van der Waals surface area (Å²) in [5.41, 5.74) is 1.20. The van der Waals surface area contributed by atoms with Crippen LogP contribution in [0.3, 0.4) is 0 Å². The summed E-state index contributed by atoms with van der Waals surface area (Å²) < 4.78 is 16.9. The first-order valence-corrected chi connectivity index (χ1v) is 10.8. The van der Waals surface area contributed by atoms with Crippen LogP contribution in [0.5, 0.6) is 0 Å². The summed E-state index contributed by atoms with van der Waals surface area (Å²) in [5.74, 6) is -0.268. The molecule has 0 spiro atoms. The van der Waals surface area contributed by atoms with Gasteiger partial charge in [0.25, 0.3) is 0 Å². The average molecular weight is 398 g/mol. The van der Waals surface area contributed by atoms with Crippen LogP contribution in [0.25, 0.3) is 10.8 Å². The van der Waals surface area contributed by atoms with E-state index in [1.54, 1.807) is 0 Å². The van der Waals surface area contributed by atoms with Crippen LogP contribution < -0.4 is 0 Å². The van der Waals surface area contributed by atoms with Crippen molar-refractivity contribution in [2.45, 2.75) is 31.8 Å². The summed E-state index contributed by atoms with van der Waals surface area (Å²) in [5, 5.41) is 2.43. The van der Waals surface area contributed by atoms with E-state index in [2.05, 4.69) is 47.4 Å². The summed E-state index contributed by atoms with van der Waals surface area (Å²) in [6, 6.07) is 14.7. The molecule has 4 rings (SSSR count). The molecule has 2 fully saturated rings. The van der Waals surface area contributed by atoms with Crippen molar-refractivity contribution >= 4 is 16.7 Å². The van der Waals surface area contributed by atoms with Gasteiger partial charge >= 0.3 is 5.97 Å². The van der Waals surface area contributed by atoms with Crippen LogP contribution in [0.15, 0.2) is 42.5 Å². The van der Waals surface area contributed by atoms with Gasteiger partial charge in [-0.25, -0.2) is 0 Å². The summed E-state index contributed by atoms with van der Waals surface area (Å²) >= 11 is 0. The first-order chi connectivity index (χ1) is 14.3. The molecule has 2 aliphatic heterocycles. The molecule has 2 aliphatic rings. The third-order valence-corrected chi connectivity index (χ3v) is 6.01. The predicted molar refractivity (Wildman–Crippen MR) is 113 cm³/mol. The largest absolute Gasteiger partial charge is 0.464 e. The Morgan fingerprint density at radius 1 is 1.10 bits per heavy atom. The molecule has 2 aromatic carbocycles. The number of hydrogen-bond acceptors (Lipinski definition) is 5. The van der Waals surface area contributed by atoms with Crippen LogP contribution in [0, 0.1) is 5.92 Å². The first-order valence-electron chi connectivity index (χ1n) is 10.8. The van der Waals surface area contributed by atoms with Crippen LogP contribution in [-0.2, 0) is 25.4 Å². The van der Waals surface area contributed by atoms with Crippen molar-refractivity contribution in [1.29, 1.82) is 0 Å². The van der Waals surface area contributed by atoms with Gasteiger partial charge in [0.2, 0.25) is 0 Å². The zero-order valence-electron chi connectivity index (χ0n) is 17.1. The van der Waals surface area contributed by atoms with E-state index in [9.17, 15) is 4.79 Å². The van der Waals surface area contributed by atoms with Gasteiger partial charge in [-0.1, -0.05) is 42.5 Å². The van der Waals surface area contributed by atoms with Gasteiger partial charge in [-0.15, -0.1) is 0 Å². The topological polar surface area (TPSA) is 48.0 Å². The van der Waals surface area contributed by atoms with Crippen molar-refractivity contribution in [3.05, 3.63) is 48.0 Å². The lowest BCUT2D eigenvalue weighted by Crippen LogP contribution is -2.39. The van der Waals surface area contributed by atoms with E-state index < -0.39 is 0 Å². The molecule has 0 aliphatic carbocycles. The Kier molecular flexibility index (Phi) is 7.14. The molecule has 2 heterocycles. The maximum atomic E-state index is 13.0. The number of fused-ring (bicyclic) bond motifs is 1. The molecule has 0 bridgehead atoms. The number of hydrogen-bond donors (Lipinski definition) is 0. The van der Waals surface area contributed by atoms with E-state index in [1.807, 2.05) is 0 Å². The lowest BCUT2D eigenvalue weighted by Gasteiger charge is -2.26. The molecule has 29 heavy (non-hydrogen) atoms. The Labute approximate surface area is 172 Å². The van der Waals surface area contributed by atoms with Gasteiger partial charge in [0.1, 0.15) is 6.61 Å². The molecule has 0 amide bonds. The molecule has 0 N–H and O–H groups in total. The highest BCUT2D eigenvalue weighted by molar-refractivity contribution is 5.86. The molecule has 0 radical (unpaired) electrons. The molecule has 2 saturated heterocycles. The van der Waals surface area contributed by atoms with Crippen molar-refractivity contribution in [3.8, 4) is 0 Å². The Bertz CT molecular complexity index is 791. The highest BCUT2D eigenvalue weighted by atomic mass is 16.5. The Hall–Kier alpha value is -1.95. The van der Waals surface area contributed by atoms with Gasteiger partial charge in [0.05, 0.1) is 25.2 Å². The molecule has 156 valence electrons. The van der Waals surface area contributed by atoms with E-state index in [0.29, 0.717) is 13.0 Å². The summed E-state index contributed by atoms with van der Waals surface area (Å²) in [4.78, 5) is 15.3. The summed E-state index contributed by atoms with van der Waals surface area (Å²) in [6.07, 6.45) is 3.71. The van der Waals surface area contributed by atoms with E-state index >= 15 is 0 Å². The maximum absolute atomic E-state index is 13.0. The highest BCUT2D eigenvalue weighted by Gasteiger charge is 2.28. The molecule has 2 atom stereocenters. The van der Waals surface area contributed by atoms with E-state index in [-0.39, 0.29) is 18.0 Å². The van der Waals surface area contributed by atoms with Gasteiger partial charge in [-0.2, -0.15) is 0 Å². The van der Waals surface area contributed by atoms with Crippen molar-refractivity contribution in [2.75, 3.05) is 46.1 Å². The standard InChI is InChI=1S/C24H31NO4/c26-24(29-16-12-25-10-14-27-15-11-25)21(18-22-8-4-13-28-22)17-20-7-3-6-19-5-1-2-9-23(19)20/h1-3,5-7,9,21-22H,4,8,10-18H2. The maximum Gasteiger partial charge on any atom is 0.309 e. The molecule has 5 heteroatoms. The lowest BCUT2D eigenvalue weighted by atomic mass is 9.90. The van der Waals surface area contributed by atoms with Gasteiger partial charge in [0, 0.05) is 26.2 Å². The van der Waals surface area contributed by atoms with Gasteiger partial charge in [0.15, 0.2) is 0 Å². The summed E-state index contributed by atoms with van der Waals surface area (Å²) in [7, 11) is 0. The second kappa shape index (κ2) is 10.2. The van der Waals surface area contributed by atoms with Crippen LogP contribution in [0.1, 0.15) is 24.8 Å². The lowest BCUT2D eigenvalue weighted by molar-refractivity contribution is -0.150. The fraction of sp³-hybridized carbons (Fsp3) is 0.542. The van der Waals surface area contributed by atoms with Gasteiger partial charge in [-0.05, 0) is 42.0 Å². The fourth-order valence-corrected chi connectivity index (χ4v) is 4.36. The number of carbonyl (C=O) groups excluding carboxylic acids is 1. The SMILES string of the molecule is O=C(OCCN1CCOCC1)C(Cc1cccc2ccccc12)CC1CCCO1. The second-order valence-electron chi connectivity index (χ2n) is 8.03. The van der Waals surface area contributed by atoms with Crippen molar-refractivity contribution < 1.29 is 19.0 Å². The zero-order valence-corrected chi connectivity index (χ0v) is 17.1. The number of ether oxygens (including phenoxy) is 3. The van der Waals surface area contributed by atoms with E-state index in [4.69, 9.17) is 14.2 Å². The Morgan fingerprint density at radius 3 is 2.76 bits per heavy atom. The molecule has 2 unspecified atom stereocenters. The quantitative estimate of drug-likeness (QED) is 0.639. The molecule has 5 nitrogen and oxygen atoms in total. The normalized spacial score (nSPS) is 21.3. The third-order valence-electron chi connectivity index (χ3n) is 6.01. The van der Waals surface area contributed by atoms with Crippen LogP contribution in [0.4, 0.5) is 0 Å². The highest BCUT2D eigenvalue weighted by Crippen LogP contribution is 2.27.